The van der Waals surface area contributed by atoms with E-state index in [2.05, 4.69) is 55.0 Å². The molecule has 0 saturated heterocycles. The second kappa shape index (κ2) is 6.43. The first-order valence-electron chi connectivity index (χ1n) is 11.4. The largest absolute Gasteiger partial charge is 0.346 e. The highest BCUT2D eigenvalue weighted by atomic mass is 32.1. The molecular formula is C25H30N4S. The molecule has 1 unspecified atom stereocenters. The SMILES string of the molecule is Cc1c(C2CC23CCCCC3)sc2[nH]c(-c3cc(C)c4ncnn4c3)c(C(C)C)c12. The first-order chi connectivity index (χ1) is 14.5. The standard InChI is InChI=1S/C25H30N4S/c1-14(2)19-20-16(4)22(18-11-25(18)8-6-5-7-9-25)30-24(20)28-21(19)17-10-15(3)23-26-13-27-29(23)12-17/h10,12-14,18,28H,5-9,11H2,1-4H3. The molecule has 6 rings (SSSR count). The van der Waals surface area contributed by atoms with Crippen LogP contribution in [-0.2, 0) is 0 Å². The Balaban J connectivity index is 1.49. The molecule has 1 atom stereocenters. The summed E-state index contributed by atoms with van der Waals surface area (Å²) in [7, 11) is 0. The molecule has 5 heteroatoms. The van der Waals surface area contributed by atoms with Crippen molar-refractivity contribution >= 4 is 27.2 Å². The lowest BCUT2D eigenvalue weighted by Gasteiger charge is -2.22. The third kappa shape index (κ3) is 2.57. The summed E-state index contributed by atoms with van der Waals surface area (Å²) in [6, 6.07) is 2.25. The van der Waals surface area contributed by atoms with E-state index >= 15 is 0 Å². The van der Waals surface area contributed by atoms with Gasteiger partial charge in [0.05, 0.1) is 5.69 Å². The second-order valence-corrected chi connectivity index (χ2v) is 11.0. The minimum atomic E-state index is 0.462. The summed E-state index contributed by atoms with van der Waals surface area (Å²) in [5.41, 5.74) is 8.18. The lowest BCUT2D eigenvalue weighted by atomic mass is 9.84. The number of hydrogen-bond acceptors (Lipinski definition) is 3. The number of H-pyrrole nitrogens is 1. The van der Waals surface area contributed by atoms with Gasteiger partial charge in [-0.2, -0.15) is 5.10 Å². The summed E-state index contributed by atoms with van der Waals surface area (Å²) < 4.78 is 1.90. The number of nitrogens with zero attached hydrogens (tertiary/aromatic N) is 3. The van der Waals surface area contributed by atoms with Crippen molar-refractivity contribution in [2.75, 3.05) is 0 Å². The quantitative estimate of drug-likeness (QED) is 0.385. The molecule has 4 aromatic rings. The van der Waals surface area contributed by atoms with Crippen LogP contribution in [0.2, 0.25) is 0 Å². The highest BCUT2D eigenvalue weighted by Gasteiger charge is 2.55. The molecule has 0 aromatic carbocycles. The Morgan fingerprint density at radius 3 is 2.77 bits per heavy atom. The Kier molecular flexibility index (Phi) is 3.99. The van der Waals surface area contributed by atoms with Crippen molar-refractivity contribution in [3.05, 3.63) is 40.2 Å². The summed E-state index contributed by atoms with van der Waals surface area (Å²) in [5.74, 6) is 1.27. The molecule has 0 radical (unpaired) electrons. The summed E-state index contributed by atoms with van der Waals surface area (Å²) in [6.45, 7) is 9.14. The van der Waals surface area contributed by atoms with Gasteiger partial charge in [0.15, 0.2) is 5.65 Å². The van der Waals surface area contributed by atoms with Gasteiger partial charge in [0.2, 0.25) is 0 Å². The predicted octanol–water partition coefficient (Wildman–Crippen LogP) is 7.12. The number of aryl methyl sites for hydroxylation is 2. The Hall–Kier alpha value is -2.14. The van der Waals surface area contributed by atoms with Crippen LogP contribution in [0, 0.1) is 19.3 Å². The number of pyridine rings is 1. The van der Waals surface area contributed by atoms with Gasteiger partial charge in [0.1, 0.15) is 11.2 Å². The van der Waals surface area contributed by atoms with Crippen LogP contribution >= 0.6 is 11.3 Å². The fourth-order valence-corrected chi connectivity index (χ4v) is 7.61. The monoisotopic (exact) mass is 418 g/mol. The highest BCUT2D eigenvalue weighted by Crippen LogP contribution is 2.68. The highest BCUT2D eigenvalue weighted by molar-refractivity contribution is 7.19. The zero-order chi connectivity index (χ0) is 20.6. The molecule has 30 heavy (non-hydrogen) atoms. The van der Waals surface area contributed by atoms with Gasteiger partial charge >= 0.3 is 0 Å². The molecule has 1 N–H and O–H groups in total. The van der Waals surface area contributed by atoms with Crippen LogP contribution in [0.15, 0.2) is 18.6 Å². The van der Waals surface area contributed by atoms with E-state index in [1.165, 1.54) is 71.1 Å². The van der Waals surface area contributed by atoms with Gasteiger partial charge in [-0.05, 0) is 73.1 Å². The number of thiophene rings is 1. The van der Waals surface area contributed by atoms with Crippen LogP contribution in [0.1, 0.15) is 85.8 Å². The van der Waals surface area contributed by atoms with E-state index in [9.17, 15) is 0 Å². The summed E-state index contributed by atoms with van der Waals surface area (Å²) in [6.07, 6.45) is 12.4. The van der Waals surface area contributed by atoms with Crippen LogP contribution in [-0.4, -0.2) is 19.6 Å². The van der Waals surface area contributed by atoms with E-state index < -0.39 is 0 Å². The normalized spacial score (nSPS) is 20.8. The van der Waals surface area contributed by atoms with Gasteiger partial charge in [-0.15, -0.1) is 11.3 Å². The molecule has 2 aliphatic rings. The molecule has 0 aliphatic heterocycles. The van der Waals surface area contributed by atoms with Crippen molar-refractivity contribution < 1.29 is 0 Å². The molecule has 156 valence electrons. The van der Waals surface area contributed by atoms with Crippen molar-refractivity contribution in [2.24, 2.45) is 5.41 Å². The van der Waals surface area contributed by atoms with Crippen LogP contribution < -0.4 is 0 Å². The predicted molar refractivity (Wildman–Crippen MR) is 125 cm³/mol. The molecule has 4 aromatic heterocycles. The van der Waals surface area contributed by atoms with Crippen molar-refractivity contribution in [1.29, 1.82) is 0 Å². The summed E-state index contributed by atoms with van der Waals surface area (Å²) in [4.78, 5) is 11.2. The third-order valence-corrected chi connectivity index (χ3v) is 9.06. The van der Waals surface area contributed by atoms with Crippen molar-refractivity contribution in [3.63, 3.8) is 0 Å². The smallest absolute Gasteiger partial charge is 0.158 e. The molecule has 2 saturated carbocycles. The molecular weight excluding hydrogens is 388 g/mol. The number of fused-ring (bicyclic) bond motifs is 2. The van der Waals surface area contributed by atoms with Crippen molar-refractivity contribution in [2.45, 2.75) is 78.1 Å². The number of aromatic amines is 1. The molecule has 0 bridgehead atoms. The van der Waals surface area contributed by atoms with E-state index in [4.69, 9.17) is 0 Å². The van der Waals surface area contributed by atoms with Gasteiger partial charge in [-0.25, -0.2) is 9.50 Å². The lowest BCUT2D eigenvalue weighted by Crippen LogP contribution is -2.08. The molecule has 0 amide bonds. The second-order valence-electron chi connectivity index (χ2n) is 9.98. The average molecular weight is 419 g/mol. The van der Waals surface area contributed by atoms with E-state index in [1.54, 1.807) is 11.2 Å². The molecule has 2 aliphatic carbocycles. The lowest BCUT2D eigenvalue weighted by molar-refractivity contribution is 0.327. The topological polar surface area (TPSA) is 46.0 Å². The van der Waals surface area contributed by atoms with Gasteiger partial charge in [0, 0.05) is 22.0 Å². The Morgan fingerprint density at radius 2 is 2.00 bits per heavy atom. The molecule has 4 nitrogen and oxygen atoms in total. The average Bonchev–Trinajstić information content (AvgIpc) is 3.10. The van der Waals surface area contributed by atoms with Gasteiger partial charge in [-0.1, -0.05) is 33.1 Å². The summed E-state index contributed by atoms with van der Waals surface area (Å²) >= 11 is 2.03. The number of rotatable bonds is 3. The van der Waals surface area contributed by atoms with Crippen molar-refractivity contribution in [1.82, 2.24) is 19.6 Å². The van der Waals surface area contributed by atoms with Gasteiger partial charge < -0.3 is 4.98 Å². The van der Waals surface area contributed by atoms with Crippen LogP contribution in [0.5, 0.6) is 0 Å². The van der Waals surface area contributed by atoms with Crippen molar-refractivity contribution in [3.8, 4) is 11.3 Å². The molecule has 1 spiro atoms. The Bertz CT molecular complexity index is 1270. The van der Waals surface area contributed by atoms with E-state index in [-0.39, 0.29) is 0 Å². The zero-order valence-corrected chi connectivity index (χ0v) is 19.2. The first kappa shape index (κ1) is 18.6. The van der Waals surface area contributed by atoms with Crippen LogP contribution in [0.4, 0.5) is 0 Å². The first-order valence-corrected chi connectivity index (χ1v) is 12.3. The molecule has 4 heterocycles. The van der Waals surface area contributed by atoms with E-state index in [1.807, 2.05) is 15.9 Å². The maximum atomic E-state index is 4.39. The number of nitrogens with one attached hydrogen (secondary N) is 1. The zero-order valence-electron chi connectivity index (χ0n) is 18.4. The maximum absolute atomic E-state index is 4.39. The minimum Gasteiger partial charge on any atom is -0.346 e. The van der Waals surface area contributed by atoms with E-state index in [0.717, 1.165) is 17.1 Å². The minimum absolute atomic E-state index is 0.462. The fourth-order valence-electron chi connectivity index (χ4n) is 6.14. The third-order valence-electron chi connectivity index (χ3n) is 7.74. The van der Waals surface area contributed by atoms with Gasteiger partial charge in [-0.3, -0.25) is 0 Å². The van der Waals surface area contributed by atoms with E-state index in [0.29, 0.717) is 11.3 Å². The summed E-state index contributed by atoms with van der Waals surface area (Å²) in [5, 5.41) is 5.87. The van der Waals surface area contributed by atoms with Crippen LogP contribution in [0.3, 0.4) is 0 Å². The number of hydrogen-bond donors (Lipinski definition) is 1. The Labute approximate surface area is 181 Å². The van der Waals surface area contributed by atoms with Crippen LogP contribution in [0.25, 0.3) is 27.1 Å². The van der Waals surface area contributed by atoms with Gasteiger partial charge in [0.25, 0.3) is 0 Å². The molecule has 2 fully saturated rings. The Morgan fingerprint density at radius 1 is 1.20 bits per heavy atom. The number of aromatic nitrogens is 4. The maximum Gasteiger partial charge on any atom is 0.158 e. The fraction of sp³-hybridized carbons (Fsp3) is 0.520.